The highest BCUT2D eigenvalue weighted by molar-refractivity contribution is 5.75. The third kappa shape index (κ3) is 2.67. The van der Waals surface area contributed by atoms with Gasteiger partial charge < -0.3 is 5.11 Å². The smallest absolute Gasteiger partial charge is 0.325 e. The molecule has 1 aromatic rings. The van der Waals surface area contributed by atoms with Gasteiger partial charge in [-0.2, -0.15) is 0 Å². The molecule has 0 amide bonds. The largest absolute Gasteiger partial charge is 0.480 e. The van der Waals surface area contributed by atoms with Gasteiger partial charge in [-0.1, -0.05) is 12.5 Å². The number of likely N-dealkylation sites (tertiary alicyclic amines) is 1. The van der Waals surface area contributed by atoms with Crippen LogP contribution < -0.4 is 0 Å². The maximum absolute atomic E-state index is 13.2. The standard InChI is InChI=1S/C13H15F2NO2/c14-10-5-4-9(8-11(10)15)12(13(17)18)16-6-2-1-3-7-16/h4-5,8,12H,1-3,6-7H2,(H,17,18)/t12-/m0/s1. The summed E-state index contributed by atoms with van der Waals surface area (Å²) in [5, 5.41) is 9.28. The van der Waals surface area contributed by atoms with Crippen LogP contribution in [-0.2, 0) is 4.79 Å². The summed E-state index contributed by atoms with van der Waals surface area (Å²) < 4.78 is 26.1. The molecule has 0 aliphatic carbocycles. The Morgan fingerprint density at radius 2 is 1.83 bits per heavy atom. The minimum absolute atomic E-state index is 0.295. The summed E-state index contributed by atoms with van der Waals surface area (Å²) in [7, 11) is 0. The average molecular weight is 255 g/mol. The van der Waals surface area contributed by atoms with E-state index in [1.165, 1.54) is 6.07 Å². The molecule has 0 aromatic heterocycles. The molecule has 0 radical (unpaired) electrons. The second-order valence-corrected chi connectivity index (χ2v) is 4.51. The Bertz CT molecular complexity index is 445. The Morgan fingerprint density at radius 1 is 1.17 bits per heavy atom. The van der Waals surface area contributed by atoms with Crippen LogP contribution in [0.3, 0.4) is 0 Å². The summed E-state index contributed by atoms with van der Waals surface area (Å²) in [6, 6.07) is 2.40. The highest BCUT2D eigenvalue weighted by Crippen LogP contribution is 2.26. The summed E-state index contributed by atoms with van der Waals surface area (Å²) in [5.74, 6) is -2.99. The van der Waals surface area contributed by atoms with E-state index in [0.717, 1.165) is 31.4 Å². The monoisotopic (exact) mass is 255 g/mol. The molecule has 0 spiro atoms. The fourth-order valence-electron chi connectivity index (χ4n) is 2.37. The van der Waals surface area contributed by atoms with Gasteiger partial charge in [0, 0.05) is 0 Å². The third-order valence-electron chi connectivity index (χ3n) is 3.25. The molecule has 2 rings (SSSR count). The lowest BCUT2D eigenvalue weighted by Gasteiger charge is -2.32. The molecule has 1 fully saturated rings. The summed E-state index contributed by atoms with van der Waals surface area (Å²) in [6.07, 6.45) is 2.96. The van der Waals surface area contributed by atoms with Crippen LogP contribution in [-0.4, -0.2) is 29.1 Å². The predicted octanol–water partition coefficient (Wildman–Crippen LogP) is 2.58. The lowest BCUT2D eigenvalue weighted by atomic mass is 10.0. The fraction of sp³-hybridized carbons (Fsp3) is 0.462. The van der Waals surface area contributed by atoms with Crippen molar-refractivity contribution >= 4 is 5.97 Å². The Balaban J connectivity index is 2.28. The van der Waals surface area contributed by atoms with E-state index >= 15 is 0 Å². The molecule has 1 N–H and O–H groups in total. The number of hydrogen-bond donors (Lipinski definition) is 1. The molecular weight excluding hydrogens is 240 g/mol. The predicted molar refractivity (Wildman–Crippen MR) is 62.2 cm³/mol. The number of carboxylic acid groups (broad SMARTS) is 1. The van der Waals surface area contributed by atoms with Crippen LogP contribution in [0.5, 0.6) is 0 Å². The lowest BCUT2D eigenvalue weighted by molar-refractivity contribution is -0.144. The van der Waals surface area contributed by atoms with Crippen LogP contribution in [0.25, 0.3) is 0 Å². The summed E-state index contributed by atoms with van der Waals surface area (Å²) >= 11 is 0. The summed E-state index contributed by atoms with van der Waals surface area (Å²) in [6.45, 7) is 1.35. The lowest BCUT2D eigenvalue weighted by Crippen LogP contribution is -2.37. The van der Waals surface area contributed by atoms with Gasteiger partial charge in [-0.15, -0.1) is 0 Å². The van der Waals surface area contributed by atoms with E-state index in [4.69, 9.17) is 0 Å². The van der Waals surface area contributed by atoms with E-state index < -0.39 is 23.6 Å². The van der Waals surface area contributed by atoms with Crippen LogP contribution in [0.15, 0.2) is 18.2 Å². The van der Waals surface area contributed by atoms with Crippen molar-refractivity contribution in [1.82, 2.24) is 4.90 Å². The maximum atomic E-state index is 13.2. The number of carboxylic acids is 1. The molecule has 1 aliphatic rings. The van der Waals surface area contributed by atoms with Crippen molar-refractivity contribution in [1.29, 1.82) is 0 Å². The van der Waals surface area contributed by atoms with Crippen LogP contribution in [0.2, 0.25) is 0 Å². The quantitative estimate of drug-likeness (QED) is 0.902. The molecule has 0 saturated carbocycles. The Hall–Kier alpha value is -1.49. The molecule has 1 saturated heterocycles. The van der Waals surface area contributed by atoms with Crippen molar-refractivity contribution in [2.24, 2.45) is 0 Å². The van der Waals surface area contributed by atoms with Gasteiger partial charge in [-0.3, -0.25) is 9.69 Å². The second-order valence-electron chi connectivity index (χ2n) is 4.51. The zero-order valence-corrected chi connectivity index (χ0v) is 9.90. The second kappa shape index (κ2) is 5.44. The molecule has 0 bridgehead atoms. The molecule has 3 nitrogen and oxygen atoms in total. The molecular formula is C13H15F2NO2. The molecule has 1 heterocycles. The van der Waals surface area contributed by atoms with Gasteiger partial charge in [-0.25, -0.2) is 8.78 Å². The van der Waals surface area contributed by atoms with E-state index in [0.29, 0.717) is 18.7 Å². The maximum Gasteiger partial charge on any atom is 0.325 e. The average Bonchev–Trinajstić information content (AvgIpc) is 2.35. The normalized spacial score (nSPS) is 18.6. The Labute approximate surface area is 104 Å². The number of nitrogens with zero attached hydrogens (tertiary/aromatic N) is 1. The van der Waals surface area contributed by atoms with E-state index in [2.05, 4.69) is 0 Å². The number of aliphatic carboxylic acids is 1. The molecule has 1 aromatic carbocycles. The zero-order valence-electron chi connectivity index (χ0n) is 9.90. The number of benzene rings is 1. The first kappa shape index (κ1) is 13.0. The summed E-state index contributed by atoms with van der Waals surface area (Å²) in [4.78, 5) is 13.1. The van der Waals surface area contributed by atoms with E-state index in [-0.39, 0.29) is 0 Å². The zero-order chi connectivity index (χ0) is 13.1. The van der Waals surface area contributed by atoms with Gasteiger partial charge in [0.05, 0.1) is 0 Å². The van der Waals surface area contributed by atoms with E-state index in [1.807, 2.05) is 0 Å². The molecule has 18 heavy (non-hydrogen) atoms. The van der Waals surface area contributed by atoms with Crippen molar-refractivity contribution in [3.05, 3.63) is 35.4 Å². The Morgan fingerprint density at radius 3 is 2.39 bits per heavy atom. The van der Waals surface area contributed by atoms with Crippen molar-refractivity contribution < 1.29 is 18.7 Å². The van der Waals surface area contributed by atoms with E-state index in [9.17, 15) is 18.7 Å². The van der Waals surface area contributed by atoms with Gasteiger partial charge in [0.25, 0.3) is 0 Å². The number of carbonyl (C=O) groups is 1. The van der Waals surface area contributed by atoms with Gasteiger partial charge in [-0.05, 0) is 43.6 Å². The van der Waals surface area contributed by atoms with Crippen LogP contribution in [0.1, 0.15) is 30.9 Å². The van der Waals surface area contributed by atoms with Gasteiger partial charge in [0.2, 0.25) is 0 Å². The van der Waals surface area contributed by atoms with Crippen molar-refractivity contribution in [3.63, 3.8) is 0 Å². The minimum atomic E-state index is -1.03. The molecule has 1 aliphatic heterocycles. The number of piperidine rings is 1. The summed E-state index contributed by atoms with van der Waals surface area (Å²) in [5.41, 5.74) is 0.295. The van der Waals surface area contributed by atoms with Gasteiger partial charge >= 0.3 is 5.97 Å². The third-order valence-corrected chi connectivity index (χ3v) is 3.25. The first-order valence-electron chi connectivity index (χ1n) is 6.01. The van der Waals surface area contributed by atoms with Crippen LogP contribution in [0, 0.1) is 11.6 Å². The van der Waals surface area contributed by atoms with Gasteiger partial charge in [0.15, 0.2) is 11.6 Å². The Kier molecular flexibility index (Phi) is 3.91. The number of halogens is 2. The highest BCUT2D eigenvalue weighted by atomic mass is 19.2. The first-order valence-corrected chi connectivity index (χ1v) is 6.01. The minimum Gasteiger partial charge on any atom is -0.480 e. The molecule has 1 atom stereocenters. The topological polar surface area (TPSA) is 40.5 Å². The molecule has 98 valence electrons. The SMILES string of the molecule is O=C(O)[C@H](c1ccc(F)c(F)c1)N1CCCCC1. The number of rotatable bonds is 3. The highest BCUT2D eigenvalue weighted by Gasteiger charge is 2.28. The van der Waals surface area contributed by atoms with Crippen LogP contribution in [0.4, 0.5) is 8.78 Å². The first-order chi connectivity index (χ1) is 8.59. The van der Waals surface area contributed by atoms with Crippen LogP contribution >= 0.6 is 0 Å². The van der Waals surface area contributed by atoms with Crippen molar-refractivity contribution in [3.8, 4) is 0 Å². The van der Waals surface area contributed by atoms with Crippen molar-refractivity contribution in [2.75, 3.05) is 13.1 Å². The molecule has 5 heteroatoms. The van der Waals surface area contributed by atoms with Crippen molar-refractivity contribution in [2.45, 2.75) is 25.3 Å². The molecule has 0 unspecified atom stereocenters. The number of hydrogen-bond acceptors (Lipinski definition) is 2. The fourth-order valence-corrected chi connectivity index (χ4v) is 2.37. The van der Waals surface area contributed by atoms with Gasteiger partial charge in [0.1, 0.15) is 6.04 Å². The van der Waals surface area contributed by atoms with E-state index in [1.54, 1.807) is 4.90 Å².